The zero-order chi connectivity index (χ0) is 15.2. The second-order valence-corrected chi connectivity index (χ2v) is 6.09. The van der Waals surface area contributed by atoms with Crippen molar-refractivity contribution in [3.05, 3.63) is 36.2 Å². The molecule has 1 radical (unpaired) electrons. The van der Waals surface area contributed by atoms with E-state index < -0.39 is 0 Å². The minimum Gasteiger partial charge on any atom is -0.508 e. The molecule has 0 aromatic heterocycles. The molecule has 1 heteroatoms. The second-order valence-electron chi connectivity index (χ2n) is 6.09. The van der Waals surface area contributed by atoms with Crippen LogP contribution in [-0.2, 0) is 0 Å². The monoisotopic (exact) mass is 289 g/mol. The summed E-state index contributed by atoms with van der Waals surface area (Å²) < 4.78 is 0. The Bertz CT molecular complexity index is 345. The van der Waals surface area contributed by atoms with Crippen molar-refractivity contribution < 1.29 is 5.11 Å². The van der Waals surface area contributed by atoms with Crippen LogP contribution >= 0.6 is 0 Å². The first-order valence-electron chi connectivity index (χ1n) is 8.95. The maximum absolute atomic E-state index is 9.66. The van der Waals surface area contributed by atoms with Crippen LogP contribution in [0.3, 0.4) is 0 Å². The van der Waals surface area contributed by atoms with E-state index in [9.17, 15) is 5.11 Å². The lowest BCUT2D eigenvalue weighted by atomic mass is 10.0. The van der Waals surface area contributed by atoms with Crippen LogP contribution in [0.2, 0.25) is 0 Å². The van der Waals surface area contributed by atoms with Gasteiger partial charge in [-0.15, -0.1) is 0 Å². The van der Waals surface area contributed by atoms with Gasteiger partial charge in [0.2, 0.25) is 0 Å². The van der Waals surface area contributed by atoms with Gasteiger partial charge in [0.1, 0.15) is 5.75 Å². The highest BCUT2D eigenvalue weighted by atomic mass is 16.3. The molecule has 1 nitrogen and oxygen atoms in total. The van der Waals surface area contributed by atoms with Crippen molar-refractivity contribution in [3.8, 4) is 5.75 Å². The Kier molecular flexibility index (Phi) is 11.0. The van der Waals surface area contributed by atoms with E-state index in [0.29, 0.717) is 5.75 Å². The Morgan fingerprint density at radius 1 is 0.762 bits per heavy atom. The van der Waals surface area contributed by atoms with Crippen LogP contribution in [0.1, 0.15) is 89.5 Å². The molecule has 1 N–H and O–H groups in total. The molecule has 21 heavy (non-hydrogen) atoms. The molecule has 0 aliphatic carbocycles. The maximum atomic E-state index is 9.66. The molecule has 0 amide bonds. The van der Waals surface area contributed by atoms with Gasteiger partial charge in [0.15, 0.2) is 0 Å². The summed E-state index contributed by atoms with van der Waals surface area (Å²) in [5.74, 6) is 0.403. The third-order valence-corrected chi connectivity index (χ3v) is 4.11. The SMILES string of the molecule is CCCCCCCCCCCCC[CH]c1ccccc1O. The van der Waals surface area contributed by atoms with E-state index in [1.165, 1.54) is 70.6 Å². The number of phenols is 1. The van der Waals surface area contributed by atoms with Gasteiger partial charge < -0.3 is 5.11 Å². The largest absolute Gasteiger partial charge is 0.508 e. The summed E-state index contributed by atoms with van der Waals surface area (Å²) in [5, 5.41) is 9.66. The van der Waals surface area contributed by atoms with E-state index in [2.05, 4.69) is 13.3 Å². The molecule has 0 saturated carbocycles. The third-order valence-electron chi connectivity index (χ3n) is 4.11. The van der Waals surface area contributed by atoms with Gasteiger partial charge in [0.25, 0.3) is 0 Å². The van der Waals surface area contributed by atoms with E-state index in [1.807, 2.05) is 18.2 Å². The van der Waals surface area contributed by atoms with Gasteiger partial charge in [-0.05, 0) is 24.5 Å². The summed E-state index contributed by atoms with van der Waals surface area (Å²) in [5.41, 5.74) is 0.976. The van der Waals surface area contributed by atoms with Gasteiger partial charge in [-0.3, -0.25) is 0 Å². The molecule has 0 bridgehead atoms. The van der Waals surface area contributed by atoms with Crippen LogP contribution in [0.15, 0.2) is 24.3 Å². The lowest BCUT2D eigenvalue weighted by Gasteiger charge is -2.04. The minimum absolute atomic E-state index is 0.403. The lowest BCUT2D eigenvalue weighted by Crippen LogP contribution is -1.85. The van der Waals surface area contributed by atoms with Gasteiger partial charge in [-0.2, -0.15) is 0 Å². The fraction of sp³-hybridized carbons (Fsp3) is 0.650. The van der Waals surface area contributed by atoms with E-state index in [0.717, 1.165) is 12.0 Å². The van der Waals surface area contributed by atoms with Gasteiger partial charge in [0.05, 0.1) is 0 Å². The summed E-state index contributed by atoms with van der Waals surface area (Å²) in [6.45, 7) is 2.27. The van der Waals surface area contributed by atoms with Gasteiger partial charge in [0, 0.05) is 0 Å². The molecule has 0 fully saturated rings. The number of para-hydroxylation sites is 1. The smallest absolute Gasteiger partial charge is 0.119 e. The van der Waals surface area contributed by atoms with E-state index in [1.54, 1.807) is 6.07 Å². The van der Waals surface area contributed by atoms with Crippen LogP contribution < -0.4 is 0 Å². The van der Waals surface area contributed by atoms with E-state index in [4.69, 9.17) is 0 Å². The molecule has 0 atom stereocenters. The van der Waals surface area contributed by atoms with Crippen LogP contribution in [0, 0.1) is 6.42 Å². The Labute approximate surface area is 131 Å². The number of benzene rings is 1. The standard InChI is InChI=1S/C20H33O/c1-2-3-4-5-6-7-8-9-10-11-12-13-16-19-17-14-15-18-20(19)21/h14-18,21H,2-13H2,1H3. The highest BCUT2D eigenvalue weighted by Crippen LogP contribution is 2.20. The highest BCUT2D eigenvalue weighted by Gasteiger charge is 1.99. The summed E-state index contributed by atoms with van der Waals surface area (Å²) >= 11 is 0. The third kappa shape index (κ3) is 9.55. The number of hydrogen-bond donors (Lipinski definition) is 1. The fourth-order valence-electron chi connectivity index (χ4n) is 2.73. The predicted octanol–water partition coefficient (Wildman–Crippen LogP) is 6.65. The fourth-order valence-corrected chi connectivity index (χ4v) is 2.73. The number of rotatable bonds is 13. The summed E-state index contributed by atoms with van der Waals surface area (Å²) in [7, 11) is 0. The highest BCUT2D eigenvalue weighted by molar-refractivity contribution is 5.36. The molecule has 1 rings (SSSR count). The molecule has 0 spiro atoms. The maximum Gasteiger partial charge on any atom is 0.119 e. The van der Waals surface area contributed by atoms with Crippen LogP contribution in [0.25, 0.3) is 0 Å². The first-order valence-corrected chi connectivity index (χ1v) is 8.95. The minimum atomic E-state index is 0.403. The molecule has 119 valence electrons. The molecule has 0 unspecified atom stereocenters. The normalized spacial score (nSPS) is 10.9. The van der Waals surface area contributed by atoms with Crippen molar-refractivity contribution in [3.63, 3.8) is 0 Å². The number of unbranched alkanes of at least 4 members (excludes halogenated alkanes) is 11. The van der Waals surface area contributed by atoms with Crippen molar-refractivity contribution in [1.29, 1.82) is 0 Å². The Morgan fingerprint density at radius 3 is 1.86 bits per heavy atom. The van der Waals surface area contributed by atoms with Crippen LogP contribution in [0.4, 0.5) is 0 Å². The number of phenolic OH excluding ortho intramolecular Hbond substituents is 1. The second kappa shape index (κ2) is 12.7. The molecule has 0 saturated heterocycles. The number of hydrogen-bond acceptors (Lipinski definition) is 1. The Hall–Kier alpha value is -0.980. The van der Waals surface area contributed by atoms with Crippen LogP contribution in [0.5, 0.6) is 5.75 Å². The van der Waals surface area contributed by atoms with E-state index in [-0.39, 0.29) is 0 Å². The van der Waals surface area contributed by atoms with Crippen molar-refractivity contribution in [2.24, 2.45) is 0 Å². The Balaban J connectivity index is 1.84. The quantitative estimate of drug-likeness (QED) is 0.403. The average molecular weight is 289 g/mol. The van der Waals surface area contributed by atoms with Gasteiger partial charge in [-0.1, -0.05) is 95.8 Å². The Morgan fingerprint density at radius 2 is 1.29 bits per heavy atom. The molecule has 0 aliphatic rings. The molecule has 0 heterocycles. The summed E-state index contributed by atoms with van der Waals surface area (Å²) in [6.07, 6.45) is 18.4. The first-order chi connectivity index (χ1) is 10.3. The molecule has 1 aromatic carbocycles. The van der Waals surface area contributed by atoms with Crippen molar-refractivity contribution in [1.82, 2.24) is 0 Å². The summed E-state index contributed by atoms with van der Waals surface area (Å²) in [6, 6.07) is 7.58. The van der Waals surface area contributed by atoms with Crippen molar-refractivity contribution in [2.45, 2.75) is 84.0 Å². The molecular weight excluding hydrogens is 256 g/mol. The first kappa shape index (κ1) is 18.1. The lowest BCUT2D eigenvalue weighted by molar-refractivity contribution is 0.471. The van der Waals surface area contributed by atoms with Crippen molar-refractivity contribution >= 4 is 0 Å². The topological polar surface area (TPSA) is 20.2 Å². The predicted molar refractivity (Wildman–Crippen MR) is 92.6 cm³/mol. The number of aromatic hydroxyl groups is 1. The van der Waals surface area contributed by atoms with E-state index >= 15 is 0 Å². The van der Waals surface area contributed by atoms with Gasteiger partial charge in [-0.25, -0.2) is 0 Å². The molecule has 1 aromatic rings. The zero-order valence-corrected chi connectivity index (χ0v) is 13.8. The van der Waals surface area contributed by atoms with Crippen molar-refractivity contribution in [2.75, 3.05) is 0 Å². The van der Waals surface area contributed by atoms with Gasteiger partial charge >= 0.3 is 0 Å². The average Bonchev–Trinajstić information content (AvgIpc) is 2.50. The molecular formula is C20H33O. The zero-order valence-electron chi connectivity index (χ0n) is 13.8. The van der Waals surface area contributed by atoms with Crippen LogP contribution in [-0.4, -0.2) is 5.11 Å². The summed E-state index contributed by atoms with van der Waals surface area (Å²) in [4.78, 5) is 0. The molecule has 0 aliphatic heterocycles.